The highest BCUT2D eigenvalue weighted by Gasteiger charge is 2.09. The predicted octanol–water partition coefficient (Wildman–Crippen LogP) is 1.81. The van der Waals surface area contributed by atoms with Gasteiger partial charge in [0.05, 0.1) is 4.90 Å². The van der Waals surface area contributed by atoms with E-state index in [1.54, 1.807) is 18.5 Å². The van der Waals surface area contributed by atoms with Crippen molar-refractivity contribution in [2.45, 2.75) is 11.4 Å². The Labute approximate surface area is 127 Å². The molecule has 8 nitrogen and oxygen atoms in total. The van der Waals surface area contributed by atoms with Gasteiger partial charge in [-0.2, -0.15) is 8.42 Å². The van der Waals surface area contributed by atoms with Crippen LogP contribution in [0.15, 0.2) is 53.7 Å². The molecule has 9 heteroatoms. The fraction of sp³-hybridized carbons (Fsp3) is 0.0769. The van der Waals surface area contributed by atoms with Gasteiger partial charge < -0.3 is 16.8 Å². The molecular formula is C13H16N4O4S. The van der Waals surface area contributed by atoms with Crippen molar-refractivity contribution in [1.29, 1.82) is 0 Å². The first-order valence-corrected chi connectivity index (χ1v) is 7.40. The van der Waals surface area contributed by atoms with Gasteiger partial charge in [0.1, 0.15) is 0 Å². The van der Waals surface area contributed by atoms with E-state index in [0.717, 1.165) is 5.56 Å². The minimum Gasteiger partial charge on any atom is -0.344 e. The molecule has 0 spiro atoms. The third-order valence-electron chi connectivity index (χ3n) is 2.59. The zero-order valence-corrected chi connectivity index (χ0v) is 12.4. The Hall–Kier alpha value is -2.49. The van der Waals surface area contributed by atoms with Crippen molar-refractivity contribution in [1.82, 2.24) is 16.5 Å². The summed E-state index contributed by atoms with van der Waals surface area (Å²) in [5.74, 6) is 0. The summed E-state index contributed by atoms with van der Waals surface area (Å²) in [5.41, 5.74) is 1.26. The Morgan fingerprint density at radius 3 is 2.41 bits per heavy atom. The van der Waals surface area contributed by atoms with Crippen molar-refractivity contribution in [3.63, 3.8) is 0 Å². The molecule has 2 amide bonds. The van der Waals surface area contributed by atoms with Crippen LogP contribution in [0.3, 0.4) is 0 Å². The molecule has 0 aliphatic rings. The molecule has 1 aromatic heterocycles. The Balaban J connectivity index is 0.00000242. The van der Waals surface area contributed by atoms with Crippen LogP contribution in [0.4, 0.5) is 10.5 Å². The van der Waals surface area contributed by atoms with Gasteiger partial charge in [-0.25, -0.2) is 4.79 Å². The third kappa shape index (κ3) is 5.13. The summed E-state index contributed by atoms with van der Waals surface area (Å²) < 4.78 is 30.6. The van der Waals surface area contributed by atoms with E-state index in [1.165, 1.54) is 24.3 Å². The lowest BCUT2D eigenvalue weighted by Crippen LogP contribution is -2.28. The van der Waals surface area contributed by atoms with Gasteiger partial charge in [0.2, 0.25) is 0 Å². The van der Waals surface area contributed by atoms with Crippen LogP contribution in [0, 0.1) is 0 Å². The molecule has 0 saturated heterocycles. The zero-order valence-electron chi connectivity index (χ0n) is 11.6. The van der Waals surface area contributed by atoms with Gasteiger partial charge >= 0.3 is 6.03 Å². The van der Waals surface area contributed by atoms with E-state index in [0.29, 0.717) is 12.2 Å². The summed E-state index contributed by atoms with van der Waals surface area (Å²) in [6, 6.07) is 8.33. The Bertz CT molecular complexity index is 717. The fourth-order valence-electron chi connectivity index (χ4n) is 1.57. The number of rotatable bonds is 4. The van der Waals surface area contributed by atoms with Crippen molar-refractivity contribution >= 4 is 21.8 Å². The largest absolute Gasteiger partial charge is 0.344 e. The number of nitrogens with one attached hydrogen (secondary N) is 2. The minimum absolute atomic E-state index is 0. The fourth-order valence-corrected chi connectivity index (χ4v) is 2.05. The highest BCUT2D eigenvalue weighted by atomic mass is 32.2. The van der Waals surface area contributed by atoms with Gasteiger partial charge in [0.25, 0.3) is 10.1 Å². The summed E-state index contributed by atoms with van der Waals surface area (Å²) in [7, 11) is -4.23. The number of benzene rings is 1. The maximum atomic E-state index is 11.7. The molecule has 2 rings (SSSR count). The van der Waals surface area contributed by atoms with Crippen LogP contribution in [0.25, 0.3) is 0 Å². The molecular weight excluding hydrogens is 308 g/mol. The highest BCUT2D eigenvalue weighted by molar-refractivity contribution is 7.85. The molecule has 22 heavy (non-hydrogen) atoms. The van der Waals surface area contributed by atoms with Gasteiger partial charge in [-0.05, 0) is 35.9 Å². The number of aromatic nitrogens is 1. The van der Waals surface area contributed by atoms with Gasteiger partial charge in [-0.1, -0.05) is 6.07 Å². The van der Waals surface area contributed by atoms with Crippen molar-refractivity contribution in [2.24, 2.45) is 0 Å². The number of amides is 2. The minimum atomic E-state index is -4.23. The van der Waals surface area contributed by atoms with Crippen LogP contribution in [0.5, 0.6) is 0 Å². The Morgan fingerprint density at radius 2 is 1.86 bits per heavy atom. The van der Waals surface area contributed by atoms with E-state index in [1.807, 2.05) is 6.07 Å². The molecule has 0 saturated carbocycles. The summed E-state index contributed by atoms with van der Waals surface area (Å²) in [5, 5.41) is 5.18. The topological polar surface area (TPSA) is 143 Å². The van der Waals surface area contributed by atoms with Crippen molar-refractivity contribution < 1.29 is 17.8 Å². The number of nitrogens with zero attached hydrogens (tertiary/aromatic N) is 1. The van der Waals surface area contributed by atoms with E-state index < -0.39 is 16.1 Å². The van der Waals surface area contributed by atoms with E-state index in [9.17, 15) is 13.2 Å². The molecule has 2 aromatic rings. The normalized spacial score (nSPS) is 10.4. The Morgan fingerprint density at radius 1 is 1.18 bits per heavy atom. The molecule has 0 bridgehead atoms. The van der Waals surface area contributed by atoms with Crippen molar-refractivity contribution in [3.05, 3.63) is 54.4 Å². The second-order valence-electron chi connectivity index (χ2n) is 4.17. The second-order valence-corrected chi connectivity index (χ2v) is 5.59. The number of pyridine rings is 1. The number of urea groups is 1. The van der Waals surface area contributed by atoms with Gasteiger partial charge in [0, 0.05) is 24.6 Å². The summed E-state index contributed by atoms with van der Waals surface area (Å²) >= 11 is 0. The first kappa shape index (κ1) is 17.6. The number of carbonyl (C=O) groups is 1. The average molecular weight is 324 g/mol. The monoisotopic (exact) mass is 324 g/mol. The van der Waals surface area contributed by atoms with E-state index >= 15 is 0 Å². The van der Waals surface area contributed by atoms with Crippen molar-refractivity contribution in [2.75, 3.05) is 5.32 Å². The summed E-state index contributed by atoms with van der Waals surface area (Å²) in [4.78, 5) is 15.4. The summed E-state index contributed by atoms with van der Waals surface area (Å²) in [6.07, 6.45) is 3.28. The lowest BCUT2D eigenvalue weighted by Gasteiger charge is -2.07. The molecule has 1 aromatic carbocycles. The SMILES string of the molecule is N.O=C(NCc1cccnc1)Nc1ccc(S(=O)(=O)O)cc1. The number of carbonyl (C=O) groups excluding carboxylic acids is 1. The van der Waals surface area contributed by atoms with Gasteiger partial charge in [0.15, 0.2) is 0 Å². The standard InChI is InChI=1S/C13H13N3O4S.H3N/c17-13(15-9-10-2-1-7-14-8-10)16-11-3-5-12(6-4-11)21(18,19)20;/h1-8H,9H2,(H2,15,16,17)(H,18,19,20);1H3. The van der Waals surface area contributed by atoms with Gasteiger partial charge in [-0.15, -0.1) is 0 Å². The molecule has 0 fully saturated rings. The quantitative estimate of drug-likeness (QED) is 0.631. The van der Waals surface area contributed by atoms with Crippen LogP contribution >= 0.6 is 0 Å². The average Bonchev–Trinajstić information content (AvgIpc) is 2.46. The number of hydrogen-bond donors (Lipinski definition) is 4. The maximum Gasteiger partial charge on any atom is 0.319 e. The molecule has 0 unspecified atom stereocenters. The lowest BCUT2D eigenvalue weighted by atomic mass is 10.3. The smallest absolute Gasteiger partial charge is 0.319 e. The van der Waals surface area contributed by atoms with Crippen molar-refractivity contribution in [3.8, 4) is 0 Å². The maximum absolute atomic E-state index is 11.7. The van der Waals surface area contributed by atoms with E-state index in [2.05, 4.69) is 15.6 Å². The van der Waals surface area contributed by atoms with Crippen LogP contribution in [-0.4, -0.2) is 24.0 Å². The molecule has 118 valence electrons. The molecule has 1 heterocycles. The molecule has 0 aliphatic carbocycles. The molecule has 0 aliphatic heterocycles. The van der Waals surface area contributed by atoms with E-state index in [4.69, 9.17) is 4.55 Å². The van der Waals surface area contributed by atoms with Crippen LogP contribution in [-0.2, 0) is 16.7 Å². The Kier molecular flexibility index (Phi) is 5.99. The predicted molar refractivity (Wildman–Crippen MR) is 81.4 cm³/mol. The van der Waals surface area contributed by atoms with Crippen LogP contribution < -0.4 is 16.8 Å². The molecule has 0 radical (unpaired) electrons. The van der Waals surface area contributed by atoms with E-state index in [-0.39, 0.29) is 11.0 Å². The number of anilines is 1. The highest BCUT2D eigenvalue weighted by Crippen LogP contribution is 2.13. The number of hydrogen-bond acceptors (Lipinski definition) is 5. The lowest BCUT2D eigenvalue weighted by molar-refractivity contribution is 0.251. The zero-order chi connectivity index (χ0) is 15.3. The first-order valence-electron chi connectivity index (χ1n) is 5.96. The second kappa shape index (κ2) is 7.50. The van der Waals surface area contributed by atoms with Crippen LogP contribution in [0.1, 0.15) is 5.56 Å². The molecule has 0 atom stereocenters. The van der Waals surface area contributed by atoms with Crippen LogP contribution in [0.2, 0.25) is 0 Å². The first-order chi connectivity index (χ1) is 9.95. The third-order valence-corrected chi connectivity index (χ3v) is 3.45. The summed E-state index contributed by atoms with van der Waals surface area (Å²) in [6.45, 7) is 0.322. The molecule has 6 N–H and O–H groups in total. The van der Waals surface area contributed by atoms with Gasteiger partial charge in [-0.3, -0.25) is 9.54 Å².